The van der Waals surface area contributed by atoms with Crippen molar-refractivity contribution in [1.82, 2.24) is 4.57 Å². The van der Waals surface area contributed by atoms with Crippen LogP contribution in [0.25, 0.3) is 88.0 Å². The fourth-order valence-electron chi connectivity index (χ4n) is 9.59. The van der Waals surface area contributed by atoms with Crippen LogP contribution in [-0.4, -0.2) is 4.57 Å². The first kappa shape index (κ1) is 35.1. The van der Waals surface area contributed by atoms with Crippen LogP contribution in [-0.2, 0) is 0 Å². The van der Waals surface area contributed by atoms with Crippen molar-refractivity contribution in [3.63, 3.8) is 0 Å². The Hall–Kier alpha value is -7.88. The number of fused-ring (bicyclic) bond motifs is 7. The van der Waals surface area contributed by atoms with E-state index in [0.29, 0.717) is 0 Å². The molecule has 0 atom stereocenters. The number of benzene rings is 9. The number of allylic oxidation sites excluding steroid dienone is 3. The Morgan fingerprint density at radius 2 is 1.05 bits per heavy atom. The van der Waals surface area contributed by atoms with E-state index < -0.39 is 0 Å². The van der Waals surface area contributed by atoms with Gasteiger partial charge >= 0.3 is 0 Å². The Morgan fingerprint density at radius 3 is 1.89 bits per heavy atom. The predicted octanol–water partition coefficient (Wildman–Crippen LogP) is 16.1. The predicted molar refractivity (Wildman–Crippen MR) is 257 cm³/mol. The SMILES string of the molecule is C1=C(c2ccccc2-n2c3ccccc3c3ccccc32)C(N(c2ccc(-c3ccc4ccccc4c3)cc2)c2cccc(-c3cccc4c3oc3ccccc34)c2)=CCC1. The van der Waals surface area contributed by atoms with Gasteiger partial charge in [-0.15, -0.1) is 0 Å². The van der Waals surface area contributed by atoms with Gasteiger partial charge in [0.2, 0.25) is 0 Å². The van der Waals surface area contributed by atoms with Crippen LogP contribution in [0.5, 0.6) is 0 Å². The molecule has 61 heavy (non-hydrogen) atoms. The average molecular weight is 781 g/mol. The molecule has 0 aliphatic heterocycles. The van der Waals surface area contributed by atoms with Crippen molar-refractivity contribution in [1.29, 1.82) is 0 Å². The van der Waals surface area contributed by atoms with Gasteiger partial charge in [0.05, 0.1) is 16.7 Å². The Kier molecular flexibility index (Phi) is 8.31. The molecule has 0 unspecified atom stereocenters. The monoisotopic (exact) mass is 780 g/mol. The molecule has 0 bridgehead atoms. The van der Waals surface area contributed by atoms with Gasteiger partial charge < -0.3 is 13.9 Å². The lowest BCUT2D eigenvalue weighted by Crippen LogP contribution is -2.19. The lowest BCUT2D eigenvalue weighted by atomic mass is 9.92. The van der Waals surface area contributed by atoms with Gasteiger partial charge in [-0.2, -0.15) is 0 Å². The van der Waals surface area contributed by atoms with E-state index in [1.165, 1.54) is 54.8 Å². The van der Waals surface area contributed by atoms with Crippen LogP contribution in [0.3, 0.4) is 0 Å². The molecule has 288 valence electrons. The van der Waals surface area contributed by atoms with Crippen molar-refractivity contribution in [2.24, 2.45) is 0 Å². The molecule has 3 heteroatoms. The molecule has 11 aromatic rings. The highest BCUT2D eigenvalue weighted by atomic mass is 16.3. The van der Waals surface area contributed by atoms with Gasteiger partial charge in [0.1, 0.15) is 11.2 Å². The zero-order valence-electron chi connectivity index (χ0n) is 33.5. The number of nitrogens with zero attached hydrogens (tertiary/aromatic N) is 2. The summed E-state index contributed by atoms with van der Waals surface area (Å²) in [6.45, 7) is 0. The van der Waals surface area contributed by atoms with Crippen molar-refractivity contribution >= 4 is 71.5 Å². The molecule has 0 saturated carbocycles. The van der Waals surface area contributed by atoms with Gasteiger partial charge in [-0.05, 0) is 94.9 Å². The smallest absolute Gasteiger partial charge is 0.143 e. The zero-order valence-corrected chi connectivity index (χ0v) is 33.5. The van der Waals surface area contributed by atoms with Crippen molar-refractivity contribution in [3.05, 3.63) is 230 Å². The summed E-state index contributed by atoms with van der Waals surface area (Å²) in [6, 6.07) is 74.6. The highest BCUT2D eigenvalue weighted by molar-refractivity contribution is 6.11. The largest absolute Gasteiger partial charge is 0.455 e. The molecule has 2 heterocycles. The number of para-hydroxylation sites is 5. The topological polar surface area (TPSA) is 21.3 Å². The van der Waals surface area contributed by atoms with Crippen LogP contribution in [0.2, 0.25) is 0 Å². The number of aromatic nitrogens is 1. The number of hydrogen-bond donors (Lipinski definition) is 0. The maximum atomic E-state index is 6.57. The fourth-order valence-corrected chi connectivity index (χ4v) is 9.59. The van der Waals surface area contributed by atoms with Crippen LogP contribution >= 0.6 is 0 Å². The molecular weight excluding hydrogens is 741 g/mol. The minimum Gasteiger partial charge on any atom is -0.455 e. The third-order valence-electron chi connectivity index (χ3n) is 12.4. The highest BCUT2D eigenvalue weighted by Gasteiger charge is 2.25. The molecule has 1 aliphatic rings. The van der Waals surface area contributed by atoms with E-state index in [4.69, 9.17) is 4.42 Å². The Labute approximate surface area is 354 Å². The molecule has 0 N–H and O–H groups in total. The summed E-state index contributed by atoms with van der Waals surface area (Å²) >= 11 is 0. The second kappa shape index (κ2) is 14.4. The molecule has 0 amide bonds. The van der Waals surface area contributed by atoms with Crippen LogP contribution < -0.4 is 4.90 Å². The van der Waals surface area contributed by atoms with Crippen LogP contribution in [0.1, 0.15) is 18.4 Å². The molecule has 3 nitrogen and oxygen atoms in total. The van der Waals surface area contributed by atoms with E-state index in [1.54, 1.807) is 0 Å². The minimum absolute atomic E-state index is 0.901. The normalized spacial score (nSPS) is 13.0. The van der Waals surface area contributed by atoms with E-state index in [2.05, 4.69) is 222 Å². The number of furan rings is 1. The van der Waals surface area contributed by atoms with E-state index in [1.807, 2.05) is 6.07 Å². The summed E-state index contributed by atoms with van der Waals surface area (Å²) in [4.78, 5) is 2.46. The average Bonchev–Trinajstić information content (AvgIpc) is 3.88. The van der Waals surface area contributed by atoms with Crippen molar-refractivity contribution in [2.45, 2.75) is 12.8 Å². The van der Waals surface area contributed by atoms with Gasteiger partial charge in [-0.1, -0.05) is 164 Å². The first-order chi connectivity index (χ1) is 30.3. The van der Waals surface area contributed by atoms with Gasteiger partial charge in [0, 0.05) is 55.3 Å². The van der Waals surface area contributed by atoms with Crippen molar-refractivity contribution < 1.29 is 4.42 Å². The summed E-state index contributed by atoms with van der Waals surface area (Å²) in [5.74, 6) is 0. The highest BCUT2D eigenvalue weighted by Crippen LogP contribution is 2.44. The summed E-state index contributed by atoms with van der Waals surface area (Å²) in [5, 5.41) is 7.26. The van der Waals surface area contributed by atoms with E-state index in [0.717, 1.165) is 68.7 Å². The molecule has 0 spiro atoms. The van der Waals surface area contributed by atoms with Crippen LogP contribution in [0.15, 0.2) is 229 Å². The molecule has 0 saturated heterocycles. The Bertz CT molecular complexity index is 3490. The molecular formula is C58H40N2O. The van der Waals surface area contributed by atoms with Gasteiger partial charge in [0.15, 0.2) is 0 Å². The fraction of sp³-hybridized carbons (Fsp3) is 0.0345. The number of anilines is 2. The molecule has 9 aromatic carbocycles. The Morgan fingerprint density at radius 1 is 0.410 bits per heavy atom. The molecule has 0 radical (unpaired) electrons. The minimum atomic E-state index is 0.901. The van der Waals surface area contributed by atoms with Crippen LogP contribution in [0.4, 0.5) is 11.4 Å². The molecule has 0 fully saturated rings. The summed E-state index contributed by atoms with van der Waals surface area (Å²) in [5.41, 5.74) is 15.7. The lowest BCUT2D eigenvalue weighted by molar-refractivity contribution is 0.670. The lowest BCUT2D eigenvalue weighted by Gasteiger charge is -2.32. The second-order valence-electron chi connectivity index (χ2n) is 15.9. The Balaban J connectivity index is 1.03. The van der Waals surface area contributed by atoms with Crippen molar-refractivity contribution in [2.75, 3.05) is 4.90 Å². The van der Waals surface area contributed by atoms with Gasteiger partial charge in [-0.25, -0.2) is 0 Å². The summed E-state index contributed by atoms with van der Waals surface area (Å²) in [7, 11) is 0. The molecule has 1 aliphatic carbocycles. The summed E-state index contributed by atoms with van der Waals surface area (Å²) in [6.07, 6.45) is 6.78. The van der Waals surface area contributed by atoms with Gasteiger partial charge in [0.25, 0.3) is 0 Å². The van der Waals surface area contributed by atoms with E-state index in [9.17, 15) is 0 Å². The van der Waals surface area contributed by atoms with Crippen LogP contribution in [0, 0.1) is 0 Å². The number of rotatable bonds is 7. The first-order valence-electron chi connectivity index (χ1n) is 21.2. The molecule has 12 rings (SSSR count). The first-order valence-corrected chi connectivity index (χ1v) is 21.2. The van der Waals surface area contributed by atoms with Crippen molar-refractivity contribution in [3.8, 4) is 27.9 Å². The standard InChI is InChI=1S/C58H40N2O/c1-2-16-41-37-42(32-31-39(41)15-1)40-33-35-44(36-34-40)59(45-18-13-17-43(38-45)46-24-14-25-52-51-23-7-12-30-57(51)61-58(46)52)53-26-8-3-19-47(53)48-20-4-9-27-54(48)60-55-28-10-5-21-49(55)50-22-6-11-29-56(50)60/h1-2,4-7,9-38H,3,8H2. The maximum Gasteiger partial charge on any atom is 0.143 e. The quantitative estimate of drug-likeness (QED) is 0.161. The zero-order chi connectivity index (χ0) is 40.3. The number of hydrogen-bond acceptors (Lipinski definition) is 2. The maximum absolute atomic E-state index is 6.57. The second-order valence-corrected chi connectivity index (χ2v) is 15.9. The third-order valence-corrected chi connectivity index (χ3v) is 12.4. The van der Waals surface area contributed by atoms with Gasteiger partial charge in [-0.3, -0.25) is 0 Å². The summed E-state index contributed by atoms with van der Waals surface area (Å²) < 4.78 is 9.02. The molecule has 2 aromatic heterocycles. The van der Waals surface area contributed by atoms with E-state index in [-0.39, 0.29) is 0 Å². The third kappa shape index (κ3) is 5.89. The van der Waals surface area contributed by atoms with E-state index >= 15 is 0 Å².